The van der Waals surface area contributed by atoms with Gasteiger partial charge in [-0.05, 0) is 40.2 Å². The minimum atomic E-state index is -0.493. The predicted octanol–water partition coefficient (Wildman–Crippen LogP) is 3.26. The SMILES string of the molecule is O=c1[nH]c(-c2ccc(Br)c([N+](=O)[O-])c2)nc2ccccc12. The fourth-order valence-electron chi connectivity index (χ4n) is 2.02. The van der Waals surface area contributed by atoms with Gasteiger partial charge in [0.15, 0.2) is 0 Å². The quantitative estimate of drug-likeness (QED) is 0.570. The average Bonchev–Trinajstić information content (AvgIpc) is 2.47. The Labute approximate surface area is 126 Å². The normalized spacial score (nSPS) is 10.7. The van der Waals surface area contributed by atoms with E-state index in [2.05, 4.69) is 25.9 Å². The molecule has 21 heavy (non-hydrogen) atoms. The molecule has 0 unspecified atom stereocenters. The number of rotatable bonds is 2. The minimum Gasteiger partial charge on any atom is -0.306 e. The summed E-state index contributed by atoms with van der Waals surface area (Å²) in [5.41, 5.74) is 0.666. The zero-order valence-corrected chi connectivity index (χ0v) is 12.1. The number of fused-ring (bicyclic) bond motifs is 1. The van der Waals surface area contributed by atoms with E-state index in [0.29, 0.717) is 26.8 Å². The third-order valence-electron chi connectivity index (χ3n) is 3.03. The number of hydrogen-bond acceptors (Lipinski definition) is 4. The monoisotopic (exact) mass is 345 g/mol. The van der Waals surface area contributed by atoms with Crippen LogP contribution in [0.25, 0.3) is 22.3 Å². The molecule has 0 radical (unpaired) electrons. The second-order valence-corrected chi connectivity index (χ2v) is 5.21. The average molecular weight is 346 g/mol. The summed E-state index contributed by atoms with van der Waals surface area (Å²) in [6, 6.07) is 11.5. The van der Waals surface area contributed by atoms with Crippen LogP contribution < -0.4 is 5.56 Å². The summed E-state index contributed by atoms with van der Waals surface area (Å²) in [5, 5.41) is 11.4. The third kappa shape index (κ3) is 2.43. The van der Waals surface area contributed by atoms with Gasteiger partial charge in [-0.15, -0.1) is 0 Å². The highest BCUT2D eigenvalue weighted by Gasteiger charge is 2.14. The molecule has 0 spiro atoms. The van der Waals surface area contributed by atoms with Crippen molar-refractivity contribution < 1.29 is 4.92 Å². The Morgan fingerprint density at radius 3 is 2.71 bits per heavy atom. The lowest BCUT2D eigenvalue weighted by Gasteiger charge is -2.04. The molecule has 6 nitrogen and oxygen atoms in total. The minimum absolute atomic E-state index is 0.0803. The van der Waals surface area contributed by atoms with E-state index in [-0.39, 0.29) is 11.2 Å². The van der Waals surface area contributed by atoms with Gasteiger partial charge in [0.2, 0.25) is 0 Å². The summed E-state index contributed by atoms with van der Waals surface area (Å²) >= 11 is 3.12. The van der Waals surface area contributed by atoms with Gasteiger partial charge in [-0.3, -0.25) is 14.9 Å². The number of nitrogens with one attached hydrogen (secondary N) is 1. The number of aromatic nitrogens is 2. The molecule has 0 aliphatic carbocycles. The molecular weight excluding hydrogens is 338 g/mol. The number of H-pyrrole nitrogens is 1. The third-order valence-corrected chi connectivity index (χ3v) is 3.70. The smallest absolute Gasteiger partial charge is 0.284 e. The van der Waals surface area contributed by atoms with Gasteiger partial charge in [-0.25, -0.2) is 4.98 Å². The number of benzene rings is 2. The number of nitro benzene ring substituents is 1. The summed E-state index contributed by atoms with van der Waals surface area (Å²) in [4.78, 5) is 29.5. The van der Waals surface area contributed by atoms with Crippen molar-refractivity contribution in [2.24, 2.45) is 0 Å². The first-order valence-corrected chi connectivity index (χ1v) is 6.79. The molecule has 0 fully saturated rings. The van der Waals surface area contributed by atoms with Gasteiger partial charge in [0.1, 0.15) is 5.82 Å². The Morgan fingerprint density at radius 1 is 1.19 bits per heavy atom. The molecule has 2 aromatic carbocycles. The molecule has 0 saturated heterocycles. The summed E-state index contributed by atoms with van der Waals surface area (Å²) in [5.74, 6) is 0.300. The van der Waals surface area contributed by atoms with E-state index in [1.165, 1.54) is 6.07 Å². The van der Waals surface area contributed by atoms with E-state index < -0.39 is 4.92 Å². The van der Waals surface area contributed by atoms with Crippen LogP contribution in [0.5, 0.6) is 0 Å². The number of aromatic amines is 1. The van der Waals surface area contributed by atoms with E-state index >= 15 is 0 Å². The molecule has 0 saturated carbocycles. The Morgan fingerprint density at radius 2 is 1.95 bits per heavy atom. The van der Waals surface area contributed by atoms with Gasteiger partial charge in [0, 0.05) is 11.6 Å². The van der Waals surface area contributed by atoms with Crippen molar-refractivity contribution in [1.29, 1.82) is 0 Å². The predicted molar refractivity (Wildman–Crippen MR) is 82.2 cm³/mol. The van der Waals surface area contributed by atoms with Gasteiger partial charge in [-0.1, -0.05) is 12.1 Å². The van der Waals surface area contributed by atoms with Gasteiger partial charge in [-0.2, -0.15) is 0 Å². The number of nitrogens with zero attached hydrogens (tertiary/aromatic N) is 2. The maximum atomic E-state index is 12.0. The van der Waals surface area contributed by atoms with Crippen molar-refractivity contribution >= 4 is 32.5 Å². The number of halogens is 1. The summed E-state index contributed by atoms with van der Waals surface area (Å²) < 4.78 is 0.374. The first-order chi connectivity index (χ1) is 10.1. The first-order valence-electron chi connectivity index (χ1n) is 5.99. The van der Waals surface area contributed by atoms with Crippen molar-refractivity contribution in [1.82, 2.24) is 9.97 Å². The molecule has 0 aliphatic heterocycles. The summed E-state index contributed by atoms with van der Waals surface area (Å²) in [6.45, 7) is 0. The standard InChI is InChI=1S/C14H8BrN3O3/c15-10-6-5-8(7-12(10)18(20)21)13-16-11-4-2-1-3-9(11)14(19)17-13/h1-7H,(H,16,17,19). The number of para-hydroxylation sites is 1. The molecule has 7 heteroatoms. The van der Waals surface area contributed by atoms with E-state index in [1.807, 2.05) is 0 Å². The first kappa shape index (κ1) is 13.4. The largest absolute Gasteiger partial charge is 0.306 e. The molecule has 0 atom stereocenters. The van der Waals surface area contributed by atoms with Crippen LogP contribution >= 0.6 is 15.9 Å². The van der Waals surface area contributed by atoms with Crippen LogP contribution in [0.2, 0.25) is 0 Å². The van der Waals surface area contributed by atoms with E-state index in [9.17, 15) is 14.9 Å². The van der Waals surface area contributed by atoms with Crippen LogP contribution in [-0.4, -0.2) is 14.9 Å². The highest BCUT2D eigenvalue weighted by Crippen LogP contribution is 2.29. The molecule has 1 aromatic heterocycles. The molecule has 104 valence electrons. The fourth-order valence-corrected chi connectivity index (χ4v) is 2.41. The van der Waals surface area contributed by atoms with Crippen molar-refractivity contribution in [3.8, 4) is 11.4 Å². The highest BCUT2D eigenvalue weighted by molar-refractivity contribution is 9.10. The maximum Gasteiger partial charge on any atom is 0.284 e. The molecular formula is C14H8BrN3O3. The van der Waals surface area contributed by atoms with Crippen LogP contribution in [0.4, 0.5) is 5.69 Å². The Bertz CT molecular complexity index is 921. The zero-order valence-electron chi connectivity index (χ0n) is 10.5. The van der Waals surface area contributed by atoms with Crippen molar-refractivity contribution in [3.63, 3.8) is 0 Å². The molecule has 1 N–H and O–H groups in total. The van der Waals surface area contributed by atoms with Crippen LogP contribution in [0.1, 0.15) is 0 Å². The van der Waals surface area contributed by atoms with E-state index in [4.69, 9.17) is 0 Å². The van der Waals surface area contributed by atoms with Crippen LogP contribution in [0.15, 0.2) is 51.7 Å². The lowest BCUT2D eigenvalue weighted by Crippen LogP contribution is -2.09. The van der Waals surface area contributed by atoms with Gasteiger partial charge < -0.3 is 4.98 Å². The maximum absolute atomic E-state index is 12.0. The topological polar surface area (TPSA) is 88.9 Å². The lowest BCUT2D eigenvalue weighted by atomic mass is 10.1. The Balaban J connectivity index is 2.23. The Kier molecular flexibility index (Phi) is 3.26. The van der Waals surface area contributed by atoms with Gasteiger partial charge >= 0.3 is 0 Å². The second-order valence-electron chi connectivity index (χ2n) is 4.35. The second kappa shape index (κ2) is 5.10. The van der Waals surface area contributed by atoms with Gasteiger partial charge in [0.25, 0.3) is 11.2 Å². The van der Waals surface area contributed by atoms with Crippen LogP contribution in [0, 0.1) is 10.1 Å². The number of hydrogen-bond donors (Lipinski definition) is 1. The van der Waals surface area contributed by atoms with Gasteiger partial charge in [0.05, 0.1) is 20.3 Å². The zero-order chi connectivity index (χ0) is 15.0. The fraction of sp³-hybridized carbons (Fsp3) is 0. The van der Waals surface area contributed by atoms with Crippen molar-refractivity contribution in [2.75, 3.05) is 0 Å². The molecule has 0 bridgehead atoms. The molecule has 3 aromatic rings. The number of nitro groups is 1. The summed E-state index contributed by atoms with van der Waals surface area (Å²) in [6.07, 6.45) is 0. The Hall–Kier alpha value is -2.54. The van der Waals surface area contributed by atoms with E-state index in [1.54, 1.807) is 36.4 Å². The lowest BCUT2D eigenvalue weighted by molar-refractivity contribution is -0.385. The van der Waals surface area contributed by atoms with Crippen LogP contribution in [0.3, 0.4) is 0 Å². The van der Waals surface area contributed by atoms with Crippen molar-refractivity contribution in [3.05, 3.63) is 67.4 Å². The molecule has 0 amide bonds. The van der Waals surface area contributed by atoms with Crippen molar-refractivity contribution in [2.45, 2.75) is 0 Å². The molecule has 1 heterocycles. The van der Waals surface area contributed by atoms with Crippen LogP contribution in [-0.2, 0) is 0 Å². The van der Waals surface area contributed by atoms with E-state index in [0.717, 1.165) is 0 Å². The molecule has 3 rings (SSSR count). The highest BCUT2D eigenvalue weighted by atomic mass is 79.9. The molecule has 0 aliphatic rings. The summed E-state index contributed by atoms with van der Waals surface area (Å²) in [7, 11) is 0.